The maximum absolute atomic E-state index is 3.43. The van der Waals surface area contributed by atoms with Crippen molar-refractivity contribution in [2.45, 2.75) is 18.8 Å². The second kappa shape index (κ2) is 3.61. The number of aromatic amines is 1. The first-order valence-electron chi connectivity index (χ1n) is 6.70. The lowest BCUT2D eigenvalue weighted by atomic mass is 9.75. The van der Waals surface area contributed by atoms with E-state index in [-0.39, 0.29) is 0 Å². The molecule has 2 aromatic rings. The fourth-order valence-electron chi connectivity index (χ4n) is 3.72. The van der Waals surface area contributed by atoms with Crippen LogP contribution in [0.15, 0.2) is 30.5 Å². The van der Waals surface area contributed by atoms with E-state index in [1.807, 2.05) is 0 Å². The maximum Gasteiger partial charge on any atom is 0.0456 e. The van der Waals surface area contributed by atoms with Crippen molar-refractivity contribution >= 4 is 10.9 Å². The number of H-pyrrole nitrogens is 1. The highest BCUT2D eigenvalue weighted by atomic mass is 15.1. The molecule has 1 aromatic heterocycles. The summed E-state index contributed by atoms with van der Waals surface area (Å²) in [6.45, 7) is 3.92. The number of piperidine rings is 3. The molecule has 0 spiro atoms. The summed E-state index contributed by atoms with van der Waals surface area (Å²) in [4.78, 5) is 6.06. The van der Waals surface area contributed by atoms with Gasteiger partial charge in [0.2, 0.25) is 0 Å². The Morgan fingerprint density at radius 1 is 1.12 bits per heavy atom. The third-order valence-electron chi connectivity index (χ3n) is 4.68. The summed E-state index contributed by atoms with van der Waals surface area (Å²) in [6.07, 6.45) is 5.03. The molecule has 1 N–H and O–H groups in total. The highest BCUT2D eigenvalue weighted by Gasteiger charge is 2.35. The Bertz CT molecular complexity index is 535. The molecule has 5 rings (SSSR count). The molecular weight excluding hydrogens is 208 g/mol. The molecular formula is C15H18N2. The normalized spacial score (nSPS) is 32.1. The minimum atomic E-state index is 0.758. The molecule has 4 heterocycles. The van der Waals surface area contributed by atoms with Gasteiger partial charge in [-0.15, -0.1) is 0 Å². The van der Waals surface area contributed by atoms with Crippen LogP contribution >= 0.6 is 0 Å². The second-order valence-corrected chi connectivity index (χ2v) is 5.53. The summed E-state index contributed by atoms with van der Waals surface area (Å²) in [5.41, 5.74) is 2.84. The van der Waals surface area contributed by atoms with Gasteiger partial charge in [0.1, 0.15) is 0 Å². The summed E-state index contributed by atoms with van der Waals surface area (Å²) < 4.78 is 0. The number of para-hydroxylation sites is 1. The number of benzene rings is 1. The highest BCUT2D eigenvalue weighted by molar-refractivity contribution is 5.83. The molecule has 2 nitrogen and oxygen atoms in total. The van der Waals surface area contributed by atoms with Gasteiger partial charge in [0.25, 0.3) is 0 Å². The van der Waals surface area contributed by atoms with Gasteiger partial charge in [-0.05, 0) is 43.5 Å². The van der Waals surface area contributed by atoms with Gasteiger partial charge in [-0.3, -0.25) is 0 Å². The molecule has 3 aliphatic heterocycles. The van der Waals surface area contributed by atoms with Gasteiger partial charge in [0.15, 0.2) is 0 Å². The van der Waals surface area contributed by atoms with E-state index < -0.39 is 0 Å². The summed E-state index contributed by atoms with van der Waals surface area (Å²) in [5.74, 6) is 1.67. The highest BCUT2D eigenvalue weighted by Crippen LogP contribution is 2.41. The Balaban J connectivity index is 1.79. The van der Waals surface area contributed by atoms with Gasteiger partial charge in [0.05, 0.1) is 0 Å². The Morgan fingerprint density at radius 3 is 2.71 bits per heavy atom. The van der Waals surface area contributed by atoms with E-state index in [9.17, 15) is 0 Å². The summed E-state index contributed by atoms with van der Waals surface area (Å²) in [5, 5.41) is 1.44. The van der Waals surface area contributed by atoms with Crippen LogP contribution in [-0.4, -0.2) is 29.5 Å². The number of nitrogens with zero attached hydrogens (tertiary/aromatic N) is 1. The topological polar surface area (TPSA) is 19.0 Å². The van der Waals surface area contributed by atoms with E-state index in [0.29, 0.717) is 0 Å². The number of aromatic nitrogens is 1. The van der Waals surface area contributed by atoms with Gasteiger partial charge < -0.3 is 9.88 Å². The molecule has 1 atom stereocenters. The van der Waals surface area contributed by atoms with Crippen molar-refractivity contribution in [3.8, 4) is 0 Å². The molecule has 88 valence electrons. The lowest BCUT2D eigenvalue weighted by molar-refractivity contribution is 0.0876. The third kappa shape index (κ3) is 1.44. The Morgan fingerprint density at radius 2 is 1.94 bits per heavy atom. The number of rotatable bonds is 1. The minimum Gasteiger partial charge on any atom is -0.361 e. The van der Waals surface area contributed by atoms with Crippen molar-refractivity contribution in [2.75, 3.05) is 19.6 Å². The van der Waals surface area contributed by atoms with Crippen molar-refractivity contribution in [3.63, 3.8) is 0 Å². The quantitative estimate of drug-likeness (QED) is 0.792. The lowest BCUT2D eigenvalue weighted by Gasteiger charge is -2.44. The molecule has 17 heavy (non-hydrogen) atoms. The Kier molecular flexibility index (Phi) is 2.06. The van der Waals surface area contributed by atoms with E-state index in [1.165, 1.54) is 43.4 Å². The standard InChI is InChI=1S/C15H18N2/c1-2-4-15-12(3-1)13(9-16-15)14-10-17-7-5-11(14)6-8-17/h1-4,9,11,14,16H,5-8,10H2. The predicted octanol–water partition coefficient (Wildman–Crippen LogP) is 2.98. The molecule has 1 unspecified atom stereocenters. The average molecular weight is 226 g/mol. The van der Waals surface area contributed by atoms with Gasteiger partial charge in [0, 0.05) is 29.6 Å². The van der Waals surface area contributed by atoms with Crippen molar-refractivity contribution < 1.29 is 0 Å². The Hall–Kier alpha value is -1.28. The van der Waals surface area contributed by atoms with Crippen LogP contribution in [0.5, 0.6) is 0 Å². The van der Waals surface area contributed by atoms with E-state index in [4.69, 9.17) is 0 Å². The Labute approximate surface area is 102 Å². The molecule has 0 aliphatic carbocycles. The number of hydrogen-bond donors (Lipinski definition) is 1. The zero-order valence-electron chi connectivity index (χ0n) is 10.0. The monoisotopic (exact) mass is 226 g/mol. The van der Waals surface area contributed by atoms with E-state index in [1.54, 1.807) is 5.56 Å². The summed E-state index contributed by atoms with van der Waals surface area (Å²) >= 11 is 0. The lowest BCUT2D eigenvalue weighted by Crippen LogP contribution is -2.46. The van der Waals surface area contributed by atoms with Crippen LogP contribution in [0.25, 0.3) is 10.9 Å². The van der Waals surface area contributed by atoms with Gasteiger partial charge in [-0.25, -0.2) is 0 Å². The SMILES string of the molecule is c1ccc2c(C3CN4CCC3CC4)c[nH]c2c1. The van der Waals surface area contributed by atoms with Crippen molar-refractivity contribution in [1.29, 1.82) is 0 Å². The van der Waals surface area contributed by atoms with Crippen LogP contribution in [0.4, 0.5) is 0 Å². The van der Waals surface area contributed by atoms with Crippen LogP contribution in [0, 0.1) is 5.92 Å². The zero-order chi connectivity index (χ0) is 11.2. The van der Waals surface area contributed by atoms with E-state index in [0.717, 1.165) is 11.8 Å². The third-order valence-corrected chi connectivity index (χ3v) is 4.68. The van der Waals surface area contributed by atoms with Gasteiger partial charge >= 0.3 is 0 Å². The fraction of sp³-hybridized carbons (Fsp3) is 0.467. The molecule has 2 bridgehead atoms. The van der Waals surface area contributed by atoms with Crippen LogP contribution in [0.1, 0.15) is 24.3 Å². The van der Waals surface area contributed by atoms with Crippen LogP contribution in [0.3, 0.4) is 0 Å². The van der Waals surface area contributed by atoms with Crippen molar-refractivity contribution in [1.82, 2.24) is 9.88 Å². The van der Waals surface area contributed by atoms with Gasteiger partial charge in [-0.1, -0.05) is 18.2 Å². The zero-order valence-corrected chi connectivity index (χ0v) is 10.0. The van der Waals surface area contributed by atoms with Crippen LogP contribution < -0.4 is 0 Å². The van der Waals surface area contributed by atoms with E-state index in [2.05, 4.69) is 40.3 Å². The van der Waals surface area contributed by atoms with Gasteiger partial charge in [-0.2, -0.15) is 0 Å². The van der Waals surface area contributed by atoms with Crippen LogP contribution in [0.2, 0.25) is 0 Å². The molecule has 3 aliphatic rings. The first-order valence-corrected chi connectivity index (χ1v) is 6.70. The number of nitrogens with one attached hydrogen (secondary N) is 1. The average Bonchev–Trinajstić information content (AvgIpc) is 2.84. The molecule has 0 saturated carbocycles. The number of fused-ring (bicyclic) bond motifs is 4. The molecule has 3 saturated heterocycles. The predicted molar refractivity (Wildman–Crippen MR) is 70.2 cm³/mol. The summed E-state index contributed by atoms with van der Waals surface area (Å²) in [7, 11) is 0. The minimum absolute atomic E-state index is 0.758. The van der Waals surface area contributed by atoms with Crippen LogP contribution in [-0.2, 0) is 0 Å². The van der Waals surface area contributed by atoms with Crippen molar-refractivity contribution in [3.05, 3.63) is 36.0 Å². The number of hydrogen-bond acceptors (Lipinski definition) is 1. The first-order chi connectivity index (χ1) is 8.42. The molecule has 1 aromatic carbocycles. The largest absolute Gasteiger partial charge is 0.361 e. The maximum atomic E-state index is 3.43. The molecule has 2 heteroatoms. The fourth-order valence-corrected chi connectivity index (χ4v) is 3.72. The molecule has 3 fully saturated rings. The molecule has 0 radical (unpaired) electrons. The summed E-state index contributed by atoms with van der Waals surface area (Å²) in [6, 6.07) is 8.71. The first kappa shape index (κ1) is 9.72. The van der Waals surface area contributed by atoms with Crippen molar-refractivity contribution in [2.24, 2.45) is 5.92 Å². The second-order valence-electron chi connectivity index (χ2n) is 5.53. The van der Waals surface area contributed by atoms with E-state index >= 15 is 0 Å². The smallest absolute Gasteiger partial charge is 0.0456 e. The molecule has 0 amide bonds.